The van der Waals surface area contributed by atoms with Gasteiger partial charge in [-0.25, -0.2) is 0 Å². The summed E-state index contributed by atoms with van der Waals surface area (Å²) in [7, 11) is 1.88. The molecule has 1 unspecified atom stereocenters. The average molecular weight is 323 g/mol. The lowest BCUT2D eigenvalue weighted by atomic mass is 9.94. The van der Waals surface area contributed by atoms with Gasteiger partial charge in [-0.2, -0.15) is 0 Å². The van der Waals surface area contributed by atoms with E-state index in [0.717, 1.165) is 49.5 Å². The first-order chi connectivity index (χ1) is 10.6. The minimum atomic E-state index is -0.662. The van der Waals surface area contributed by atoms with Gasteiger partial charge in [-0.05, 0) is 30.9 Å². The minimum absolute atomic E-state index is 0.133. The van der Waals surface area contributed by atoms with E-state index in [1.54, 1.807) is 0 Å². The first-order valence-electron chi connectivity index (χ1n) is 7.96. The average Bonchev–Trinajstić information content (AvgIpc) is 2.64. The van der Waals surface area contributed by atoms with E-state index in [2.05, 4.69) is 4.90 Å². The Morgan fingerprint density at radius 1 is 1.27 bits per heavy atom. The summed E-state index contributed by atoms with van der Waals surface area (Å²) in [6.07, 6.45) is 2.91. The summed E-state index contributed by atoms with van der Waals surface area (Å²) >= 11 is 6.27. The van der Waals surface area contributed by atoms with E-state index in [-0.39, 0.29) is 5.91 Å². The molecule has 0 saturated carbocycles. The number of benzene rings is 1. The third-order valence-corrected chi connectivity index (χ3v) is 5.05. The quantitative estimate of drug-likeness (QED) is 0.839. The molecular weight excluding hydrogens is 300 g/mol. The molecule has 2 aliphatic rings. The van der Waals surface area contributed by atoms with Crippen molar-refractivity contribution >= 4 is 17.5 Å². The minimum Gasteiger partial charge on any atom is -0.362 e. The standard InChI is InChI=1S/C17H23ClN2O2/c1-19-9-5-4-8-17(16(19)21)13-20(10-11-22-17)12-14-6-2-3-7-15(14)18/h2-3,6-7H,4-5,8-13H2,1H3. The molecule has 1 spiro atoms. The van der Waals surface area contributed by atoms with Crippen LogP contribution in [0.15, 0.2) is 24.3 Å². The summed E-state index contributed by atoms with van der Waals surface area (Å²) in [4.78, 5) is 16.9. The molecule has 0 aromatic heterocycles. The largest absolute Gasteiger partial charge is 0.362 e. The number of likely N-dealkylation sites (N-methyl/N-ethyl adjacent to an activating group) is 1. The second-order valence-electron chi connectivity index (χ2n) is 6.33. The number of ether oxygens (including phenoxy) is 1. The van der Waals surface area contributed by atoms with Gasteiger partial charge in [0.25, 0.3) is 5.91 Å². The number of hydrogen-bond donors (Lipinski definition) is 0. The number of carbonyl (C=O) groups excluding carboxylic acids is 1. The summed E-state index contributed by atoms with van der Waals surface area (Å²) in [6, 6.07) is 7.90. The van der Waals surface area contributed by atoms with Gasteiger partial charge in [0.05, 0.1) is 6.61 Å². The van der Waals surface area contributed by atoms with E-state index in [0.29, 0.717) is 13.2 Å². The summed E-state index contributed by atoms with van der Waals surface area (Å²) in [6.45, 7) is 3.69. The molecule has 2 heterocycles. The monoisotopic (exact) mass is 322 g/mol. The van der Waals surface area contributed by atoms with Crippen LogP contribution in [0, 0.1) is 0 Å². The van der Waals surface area contributed by atoms with Gasteiger partial charge in [-0.1, -0.05) is 29.8 Å². The summed E-state index contributed by atoms with van der Waals surface area (Å²) in [5.74, 6) is 0.133. The summed E-state index contributed by atoms with van der Waals surface area (Å²) in [5, 5.41) is 0.785. The Bertz CT molecular complexity index is 551. The van der Waals surface area contributed by atoms with Crippen LogP contribution in [0.2, 0.25) is 5.02 Å². The predicted octanol–water partition coefficient (Wildman–Crippen LogP) is 2.55. The number of nitrogens with zero attached hydrogens (tertiary/aromatic N) is 2. The van der Waals surface area contributed by atoms with Crippen molar-refractivity contribution in [3.63, 3.8) is 0 Å². The van der Waals surface area contributed by atoms with Gasteiger partial charge in [0.2, 0.25) is 0 Å². The third-order valence-electron chi connectivity index (χ3n) is 4.68. The van der Waals surface area contributed by atoms with Gasteiger partial charge < -0.3 is 9.64 Å². The lowest BCUT2D eigenvalue weighted by Crippen LogP contribution is -2.59. The zero-order valence-electron chi connectivity index (χ0n) is 13.1. The number of likely N-dealkylation sites (tertiary alicyclic amines) is 1. The van der Waals surface area contributed by atoms with Crippen molar-refractivity contribution in [2.45, 2.75) is 31.4 Å². The van der Waals surface area contributed by atoms with Gasteiger partial charge in [-0.3, -0.25) is 9.69 Å². The molecule has 0 radical (unpaired) electrons. The summed E-state index contributed by atoms with van der Waals surface area (Å²) in [5.41, 5.74) is 0.445. The molecule has 120 valence electrons. The Morgan fingerprint density at radius 2 is 2.09 bits per heavy atom. The molecule has 3 rings (SSSR count). The van der Waals surface area contributed by atoms with Crippen LogP contribution in [0.5, 0.6) is 0 Å². The fourth-order valence-electron chi connectivity index (χ4n) is 3.45. The Labute approximate surface area is 137 Å². The zero-order valence-corrected chi connectivity index (χ0v) is 13.8. The van der Waals surface area contributed by atoms with Crippen LogP contribution in [0.1, 0.15) is 24.8 Å². The first-order valence-corrected chi connectivity index (χ1v) is 8.34. The van der Waals surface area contributed by atoms with Crippen LogP contribution >= 0.6 is 11.6 Å². The molecule has 1 aromatic rings. The molecule has 0 bridgehead atoms. The molecular formula is C17H23ClN2O2. The van der Waals surface area contributed by atoms with Crippen molar-refractivity contribution in [1.82, 2.24) is 9.80 Å². The smallest absolute Gasteiger partial charge is 0.255 e. The maximum absolute atomic E-state index is 12.7. The van der Waals surface area contributed by atoms with Gasteiger partial charge in [0.1, 0.15) is 0 Å². The molecule has 0 aliphatic carbocycles. The normalized spacial score (nSPS) is 27.2. The highest BCUT2D eigenvalue weighted by molar-refractivity contribution is 6.31. The Balaban J connectivity index is 1.76. The highest BCUT2D eigenvalue weighted by atomic mass is 35.5. The van der Waals surface area contributed by atoms with Gasteiger partial charge in [-0.15, -0.1) is 0 Å². The molecule has 0 N–H and O–H groups in total. The van der Waals surface area contributed by atoms with Crippen molar-refractivity contribution in [3.05, 3.63) is 34.9 Å². The summed E-state index contributed by atoms with van der Waals surface area (Å²) < 4.78 is 6.00. The van der Waals surface area contributed by atoms with Crippen LogP contribution in [0.25, 0.3) is 0 Å². The fraction of sp³-hybridized carbons (Fsp3) is 0.588. The highest BCUT2D eigenvalue weighted by Gasteiger charge is 2.45. The van der Waals surface area contributed by atoms with Crippen LogP contribution < -0.4 is 0 Å². The van der Waals surface area contributed by atoms with Gasteiger partial charge in [0, 0.05) is 38.2 Å². The molecule has 22 heavy (non-hydrogen) atoms. The zero-order chi connectivity index (χ0) is 15.6. The van der Waals surface area contributed by atoms with E-state index in [9.17, 15) is 4.79 Å². The molecule has 2 saturated heterocycles. The predicted molar refractivity (Wildman–Crippen MR) is 86.9 cm³/mol. The third kappa shape index (κ3) is 3.14. The number of carbonyl (C=O) groups is 1. The van der Waals surface area contributed by atoms with Gasteiger partial charge >= 0.3 is 0 Å². The molecule has 1 atom stereocenters. The Morgan fingerprint density at radius 3 is 2.91 bits per heavy atom. The lowest BCUT2D eigenvalue weighted by Gasteiger charge is -2.42. The lowest BCUT2D eigenvalue weighted by molar-refractivity contribution is -0.169. The first kappa shape index (κ1) is 15.8. The van der Waals surface area contributed by atoms with E-state index in [4.69, 9.17) is 16.3 Å². The number of rotatable bonds is 2. The molecule has 2 fully saturated rings. The number of amides is 1. The maximum atomic E-state index is 12.7. The number of halogens is 1. The van der Waals surface area contributed by atoms with E-state index in [1.807, 2.05) is 36.2 Å². The maximum Gasteiger partial charge on any atom is 0.255 e. The van der Waals surface area contributed by atoms with Crippen molar-refractivity contribution in [2.24, 2.45) is 0 Å². The second kappa shape index (κ2) is 6.57. The van der Waals surface area contributed by atoms with Crippen LogP contribution in [0.3, 0.4) is 0 Å². The number of hydrogen-bond acceptors (Lipinski definition) is 3. The Hall–Kier alpha value is -1.10. The second-order valence-corrected chi connectivity index (χ2v) is 6.74. The van der Waals surface area contributed by atoms with E-state index >= 15 is 0 Å². The van der Waals surface area contributed by atoms with E-state index < -0.39 is 5.60 Å². The molecule has 1 amide bonds. The SMILES string of the molecule is CN1CCCCC2(CN(Cc3ccccc3Cl)CCO2)C1=O. The van der Waals surface area contributed by atoms with Crippen LogP contribution in [-0.4, -0.2) is 54.6 Å². The molecule has 4 nitrogen and oxygen atoms in total. The van der Waals surface area contributed by atoms with E-state index in [1.165, 1.54) is 0 Å². The van der Waals surface area contributed by atoms with Crippen LogP contribution in [0.4, 0.5) is 0 Å². The van der Waals surface area contributed by atoms with Crippen molar-refractivity contribution < 1.29 is 9.53 Å². The van der Waals surface area contributed by atoms with Crippen molar-refractivity contribution in [3.8, 4) is 0 Å². The molecule has 2 aliphatic heterocycles. The Kier molecular flexibility index (Phi) is 4.71. The topological polar surface area (TPSA) is 32.8 Å². The van der Waals surface area contributed by atoms with Crippen molar-refractivity contribution in [2.75, 3.05) is 33.3 Å². The van der Waals surface area contributed by atoms with Crippen LogP contribution in [-0.2, 0) is 16.1 Å². The number of morpholine rings is 1. The van der Waals surface area contributed by atoms with Crippen molar-refractivity contribution in [1.29, 1.82) is 0 Å². The fourth-order valence-corrected chi connectivity index (χ4v) is 3.65. The molecule has 5 heteroatoms. The highest BCUT2D eigenvalue weighted by Crippen LogP contribution is 2.30. The van der Waals surface area contributed by atoms with Gasteiger partial charge in [0.15, 0.2) is 5.60 Å². The molecule has 1 aromatic carbocycles.